The van der Waals surface area contributed by atoms with Crippen LogP contribution in [0.2, 0.25) is 0 Å². The van der Waals surface area contributed by atoms with Crippen LogP contribution in [0.1, 0.15) is 35.1 Å². The van der Waals surface area contributed by atoms with Crippen molar-refractivity contribution in [2.24, 2.45) is 0 Å². The van der Waals surface area contributed by atoms with Crippen LogP contribution in [0.5, 0.6) is 0 Å². The molecule has 1 aromatic carbocycles. The summed E-state index contributed by atoms with van der Waals surface area (Å²) in [5, 5.41) is 10.3. The molecular weight excluding hydrogens is 224 g/mol. The summed E-state index contributed by atoms with van der Waals surface area (Å²) >= 11 is 0. The number of aryl methyl sites for hydroxylation is 2. The van der Waals surface area contributed by atoms with Crippen molar-refractivity contribution in [1.82, 2.24) is 15.2 Å². The van der Waals surface area contributed by atoms with Crippen molar-refractivity contribution in [3.63, 3.8) is 0 Å². The third kappa shape index (κ3) is 1.45. The molecule has 4 nitrogen and oxygen atoms in total. The lowest BCUT2D eigenvalue weighted by atomic mass is 9.99. The SMILES string of the molecule is c1n[nH]c(Nc2c3c(cc4c2CCC4)CCC3)n1. The fourth-order valence-corrected chi connectivity index (χ4v) is 3.35. The number of hydrogen-bond acceptors (Lipinski definition) is 3. The van der Waals surface area contributed by atoms with Crippen molar-refractivity contribution >= 4 is 11.6 Å². The molecule has 0 fully saturated rings. The Balaban J connectivity index is 1.85. The molecule has 0 spiro atoms. The second-order valence-electron chi connectivity index (χ2n) is 5.19. The van der Waals surface area contributed by atoms with Gasteiger partial charge < -0.3 is 5.32 Å². The zero-order valence-electron chi connectivity index (χ0n) is 10.3. The molecule has 2 aromatic rings. The highest BCUT2D eigenvalue weighted by Gasteiger charge is 2.24. The zero-order chi connectivity index (χ0) is 11.9. The van der Waals surface area contributed by atoms with E-state index in [2.05, 4.69) is 26.6 Å². The van der Waals surface area contributed by atoms with Gasteiger partial charge in [0.25, 0.3) is 0 Å². The van der Waals surface area contributed by atoms with Crippen LogP contribution >= 0.6 is 0 Å². The van der Waals surface area contributed by atoms with E-state index in [9.17, 15) is 0 Å². The van der Waals surface area contributed by atoms with E-state index < -0.39 is 0 Å². The number of nitrogens with one attached hydrogen (secondary N) is 2. The Kier molecular flexibility index (Phi) is 2.15. The lowest BCUT2D eigenvalue weighted by Crippen LogP contribution is -2.02. The standard InChI is InChI=1S/C14H16N4/c1-3-9-7-10-4-2-6-12(10)13(11(9)5-1)17-14-15-8-16-18-14/h7-8H,1-6H2,(H2,15,16,17,18). The van der Waals surface area contributed by atoms with Crippen molar-refractivity contribution in [3.8, 4) is 0 Å². The van der Waals surface area contributed by atoms with Crippen molar-refractivity contribution in [1.29, 1.82) is 0 Å². The van der Waals surface area contributed by atoms with Gasteiger partial charge in [-0.2, -0.15) is 10.1 Å². The molecule has 0 unspecified atom stereocenters. The molecule has 2 aliphatic carbocycles. The number of H-pyrrole nitrogens is 1. The molecule has 0 radical (unpaired) electrons. The summed E-state index contributed by atoms with van der Waals surface area (Å²) in [7, 11) is 0. The van der Waals surface area contributed by atoms with Crippen LogP contribution in [0.25, 0.3) is 0 Å². The molecule has 2 aliphatic rings. The van der Waals surface area contributed by atoms with E-state index in [-0.39, 0.29) is 0 Å². The molecule has 4 rings (SSSR count). The summed E-state index contributed by atoms with van der Waals surface area (Å²) < 4.78 is 0. The molecule has 0 saturated heterocycles. The predicted octanol–water partition coefficient (Wildman–Crippen LogP) is 2.53. The first kappa shape index (κ1) is 10.1. The highest BCUT2D eigenvalue weighted by Crippen LogP contribution is 2.39. The highest BCUT2D eigenvalue weighted by molar-refractivity contribution is 5.69. The van der Waals surface area contributed by atoms with Crippen LogP contribution in [-0.2, 0) is 25.7 Å². The summed E-state index contributed by atoms with van der Waals surface area (Å²) in [6, 6.07) is 2.44. The first-order chi connectivity index (χ1) is 8.92. The molecule has 0 atom stereocenters. The Morgan fingerprint density at radius 2 is 1.72 bits per heavy atom. The molecule has 2 N–H and O–H groups in total. The predicted molar refractivity (Wildman–Crippen MR) is 70.2 cm³/mol. The molecule has 0 aliphatic heterocycles. The third-order valence-corrected chi connectivity index (χ3v) is 4.13. The normalized spacial score (nSPS) is 16.7. The van der Waals surface area contributed by atoms with E-state index in [4.69, 9.17) is 0 Å². The average Bonchev–Trinajstić information content (AvgIpc) is 3.08. The monoisotopic (exact) mass is 240 g/mol. The molecule has 18 heavy (non-hydrogen) atoms. The van der Waals surface area contributed by atoms with Crippen molar-refractivity contribution in [2.75, 3.05) is 5.32 Å². The number of fused-ring (bicyclic) bond motifs is 2. The Bertz CT molecular complexity index is 554. The minimum absolute atomic E-state index is 0.754. The van der Waals surface area contributed by atoms with Gasteiger partial charge in [0, 0.05) is 5.69 Å². The second-order valence-corrected chi connectivity index (χ2v) is 5.19. The first-order valence-corrected chi connectivity index (χ1v) is 6.71. The van der Waals surface area contributed by atoms with Gasteiger partial charge in [0.2, 0.25) is 5.95 Å². The van der Waals surface area contributed by atoms with Crippen LogP contribution < -0.4 is 5.32 Å². The molecular formula is C14H16N4. The summed E-state index contributed by atoms with van der Waals surface area (Å²) in [6.45, 7) is 0. The molecule has 0 amide bonds. The lowest BCUT2D eigenvalue weighted by Gasteiger charge is -2.15. The number of benzene rings is 1. The number of nitrogens with zero attached hydrogens (tertiary/aromatic N) is 2. The number of hydrogen-bond donors (Lipinski definition) is 2. The highest BCUT2D eigenvalue weighted by atomic mass is 15.3. The minimum atomic E-state index is 0.754. The Hall–Kier alpha value is -1.84. The molecule has 0 bridgehead atoms. The van der Waals surface area contributed by atoms with E-state index in [1.54, 1.807) is 6.33 Å². The van der Waals surface area contributed by atoms with Crippen LogP contribution in [0.3, 0.4) is 0 Å². The maximum atomic E-state index is 4.18. The van der Waals surface area contributed by atoms with Crippen LogP contribution in [0.4, 0.5) is 11.6 Å². The fraction of sp³-hybridized carbons (Fsp3) is 0.429. The first-order valence-electron chi connectivity index (χ1n) is 6.71. The van der Waals surface area contributed by atoms with E-state index in [0.717, 1.165) is 5.95 Å². The largest absolute Gasteiger partial charge is 0.324 e. The van der Waals surface area contributed by atoms with Crippen LogP contribution in [-0.4, -0.2) is 15.2 Å². The molecule has 1 aromatic heterocycles. The molecule has 0 saturated carbocycles. The second kappa shape index (κ2) is 3.83. The Morgan fingerprint density at radius 3 is 2.33 bits per heavy atom. The van der Waals surface area contributed by atoms with Crippen LogP contribution in [0, 0.1) is 0 Å². The van der Waals surface area contributed by atoms with Gasteiger partial charge in [0.1, 0.15) is 6.33 Å². The minimum Gasteiger partial charge on any atom is -0.324 e. The molecule has 4 heteroatoms. The molecule has 92 valence electrons. The quantitative estimate of drug-likeness (QED) is 0.848. The maximum Gasteiger partial charge on any atom is 0.222 e. The summed E-state index contributed by atoms with van der Waals surface area (Å²) in [6.07, 6.45) is 8.96. The number of aromatic amines is 1. The van der Waals surface area contributed by atoms with Gasteiger partial charge in [0.05, 0.1) is 0 Å². The number of aromatic nitrogens is 3. The topological polar surface area (TPSA) is 53.6 Å². The fourth-order valence-electron chi connectivity index (χ4n) is 3.35. The van der Waals surface area contributed by atoms with Crippen molar-refractivity contribution in [2.45, 2.75) is 38.5 Å². The van der Waals surface area contributed by atoms with E-state index in [1.165, 1.54) is 66.5 Å². The lowest BCUT2D eigenvalue weighted by molar-refractivity contribution is 0.898. The third-order valence-electron chi connectivity index (χ3n) is 4.13. The summed E-state index contributed by atoms with van der Waals surface area (Å²) in [5.74, 6) is 0.754. The summed E-state index contributed by atoms with van der Waals surface area (Å²) in [4.78, 5) is 4.18. The van der Waals surface area contributed by atoms with E-state index in [1.807, 2.05) is 0 Å². The van der Waals surface area contributed by atoms with Gasteiger partial charge in [-0.15, -0.1) is 0 Å². The van der Waals surface area contributed by atoms with Gasteiger partial charge in [-0.1, -0.05) is 6.07 Å². The zero-order valence-corrected chi connectivity index (χ0v) is 10.3. The van der Waals surface area contributed by atoms with Gasteiger partial charge in [0.15, 0.2) is 0 Å². The van der Waals surface area contributed by atoms with Crippen LogP contribution in [0.15, 0.2) is 12.4 Å². The van der Waals surface area contributed by atoms with Gasteiger partial charge >= 0.3 is 0 Å². The smallest absolute Gasteiger partial charge is 0.222 e. The van der Waals surface area contributed by atoms with E-state index >= 15 is 0 Å². The van der Waals surface area contributed by atoms with Crippen molar-refractivity contribution < 1.29 is 0 Å². The maximum absolute atomic E-state index is 4.18. The number of rotatable bonds is 2. The summed E-state index contributed by atoms with van der Waals surface area (Å²) in [5.41, 5.74) is 7.41. The Morgan fingerprint density at radius 1 is 1.00 bits per heavy atom. The number of anilines is 2. The van der Waals surface area contributed by atoms with Crippen molar-refractivity contribution in [3.05, 3.63) is 34.6 Å². The van der Waals surface area contributed by atoms with Gasteiger partial charge in [-0.25, -0.2) is 5.10 Å². The van der Waals surface area contributed by atoms with Gasteiger partial charge in [-0.05, 0) is 60.8 Å². The molecule has 1 heterocycles. The van der Waals surface area contributed by atoms with E-state index in [0.29, 0.717) is 0 Å². The Labute approximate surface area is 106 Å². The van der Waals surface area contributed by atoms with Gasteiger partial charge in [-0.3, -0.25) is 0 Å². The average molecular weight is 240 g/mol.